The van der Waals surface area contributed by atoms with Crippen molar-refractivity contribution < 1.29 is 72.5 Å². The number of nitrogens with one attached hydrogen (secondary N) is 12. The molecular formula is C60H109N23O15S3. The van der Waals surface area contributed by atoms with Crippen molar-refractivity contribution in [3.05, 3.63) is 18.2 Å². The molecular weight excluding hydrogens is 1380 g/mol. The maximum atomic E-state index is 14.4. The lowest BCUT2D eigenvalue weighted by Crippen LogP contribution is -2.62. The number of H-pyrrole nitrogens is 1. The first kappa shape index (κ1) is 90.8. The topological polar surface area (TPSA) is 656 Å². The van der Waals surface area contributed by atoms with Crippen LogP contribution in [-0.2, 0) is 68.7 Å². The van der Waals surface area contributed by atoms with Gasteiger partial charge in [0.05, 0.1) is 19.0 Å². The molecule has 0 aromatic carbocycles. The molecule has 13 atom stereocenters. The quantitative estimate of drug-likeness (QED) is 0.0125. The van der Waals surface area contributed by atoms with Crippen molar-refractivity contribution in [1.29, 1.82) is 0 Å². The molecule has 1 heterocycles. The van der Waals surface area contributed by atoms with E-state index in [0.29, 0.717) is 43.6 Å². The largest absolute Gasteiger partial charge is 0.480 e. The Labute approximate surface area is 602 Å². The second-order valence-corrected chi connectivity index (χ2v) is 25.9. The molecule has 0 fully saturated rings. The fraction of sp³-hybridized carbons (Fsp3) is 0.700. The minimum absolute atomic E-state index is 0.000434. The zero-order valence-electron chi connectivity index (χ0n) is 58.0. The Balaban J connectivity index is 3.52. The summed E-state index contributed by atoms with van der Waals surface area (Å²) in [5, 5.41) is 48.0. The minimum atomic E-state index is -1.61. The number of hydrogen-bond donors (Lipinski definition) is 24. The Kier molecular flexibility index (Phi) is 45.1. The zero-order chi connectivity index (χ0) is 76.3. The summed E-state index contributed by atoms with van der Waals surface area (Å²) in [5.74, 6) is -14.2. The molecule has 0 radical (unpaired) electrons. The maximum Gasteiger partial charge on any atom is 0.326 e. The number of thiol groups is 2. The fourth-order valence-corrected chi connectivity index (χ4v) is 10.5. The highest BCUT2D eigenvalue weighted by Gasteiger charge is 2.37. The summed E-state index contributed by atoms with van der Waals surface area (Å²) in [5.41, 5.74) is 45.4. The van der Waals surface area contributed by atoms with Gasteiger partial charge < -0.3 is 120 Å². The molecule has 0 saturated carbocycles. The molecule has 41 heteroatoms. The number of aromatic nitrogens is 2. The van der Waals surface area contributed by atoms with Crippen LogP contribution in [0, 0.1) is 11.8 Å². The van der Waals surface area contributed by atoms with Crippen LogP contribution in [0.5, 0.6) is 0 Å². The molecule has 0 unspecified atom stereocenters. The van der Waals surface area contributed by atoms with E-state index in [9.17, 15) is 72.5 Å². The number of nitrogens with two attached hydrogens (primary N) is 8. The van der Waals surface area contributed by atoms with Gasteiger partial charge in [0.15, 0.2) is 11.9 Å². The summed E-state index contributed by atoms with van der Waals surface area (Å²) < 4.78 is 0. The standard InChI is InChI=1S/C60H109N23O15S3/c1-6-32(4)45(64)56(95)80-41(27-84)53(92)76-37(16-12-23-71-60(67)68)50(89)81-42(28-99)54(93)77-38(17-18-44(63)85)52(91)83-46(31(2)3)57(96)82-43(29-100)55(94)78-39(19-24-101-5)51(90)74-35(14-8-10-21-62)47(86)73-34(13-7-9-20-61)48(87)75-36(15-11-22-70-59(65)66)49(88)79-40(58(97)98)25-33-26-69-30-72-33/h26,30-32,34-43,45-46,84,99-100H,6-25,27-29,61-62,64H2,1-5H3,(H2,63,85)(H,69,72)(H,73,86)(H,74,90)(H,75,87)(H,76,92)(H,77,93)(H,78,94)(H,79,88)(H,80,95)(H,81,89)(H,82,96)(H,83,91)(H,97,98)(H4,65,66,70)(H4,67,68,71)/t32-,34-,35-,36-,37-,38-,39-,40-,41-,42-,43-,45-,46-/m0/s1. The molecule has 1 aromatic rings. The van der Waals surface area contributed by atoms with Crippen LogP contribution in [0.1, 0.15) is 123 Å². The van der Waals surface area contributed by atoms with E-state index in [-0.39, 0.29) is 101 Å². The number of amides is 12. The number of imidazole rings is 1. The summed E-state index contributed by atoms with van der Waals surface area (Å²) in [6.07, 6.45) is 5.35. The first-order valence-electron chi connectivity index (χ1n) is 33.2. The second kappa shape index (κ2) is 50.1. The Bertz CT molecular complexity index is 2880. The summed E-state index contributed by atoms with van der Waals surface area (Å²) in [6, 6.07) is -17.0. The Morgan fingerprint density at radius 1 is 0.515 bits per heavy atom. The predicted molar refractivity (Wildman–Crippen MR) is 385 cm³/mol. The number of hydrogen-bond acceptors (Lipinski definition) is 23. The number of carbonyl (C=O) groups is 13. The number of aliphatic hydroxyl groups excluding tert-OH is 1. The number of thioether (sulfide) groups is 1. The highest BCUT2D eigenvalue weighted by molar-refractivity contribution is 7.98. The monoisotopic (exact) mass is 1490 g/mol. The molecule has 38 nitrogen and oxygen atoms in total. The fourth-order valence-electron chi connectivity index (χ4n) is 9.54. The number of guanidine groups is 2. The third-order valence-corrected chi connectivity index (χ3v) is 17.1. The summed E-state index contributed by atoms with van der Waals surface area (Å²) in [7, 11) is 0. The molecule has 0 spiro atoms. The minimum Gasteiger partial charge on any atom is -0.480 e. The summed E-state index contributed by atoms with van der Waals surface area (Å²) >= 11 is 9.87. The molecule has 572 valence electrons. The van der Waals surface area contributed by atoms with Gasteiger partial charge in [-0.05, 0) is 114 Å². The van der Waals surface area contributed by atoms with E-state index in [1.807, 2.05) is 0 Å². The molecule has 0 aliphatic heterocycles. The van der Waals surface area contributed by atoms with Crippen LogP contribution in [0.4, 0.5) is 0 Å². The molecule has 0 bridgehead atoms. The lowest BCUT2D eigenvalue weighted by molar-refractivity contribution is -0.142. The van der Waals surface area contributed by atoms with Gasteiger partial charge in [-0.25, -0.2) is 9.78 Å². The maximum absolute atomic E-state index is 14.4. The molecule has 1 rings (SSSR count). The van der Waals surface area contributed by atoms with Crippen LogP contribution in [0.3, 0.4) is 0 Å². The number of aliphatic carboxylic acids is 1. The van der Waals surface area contributed by atoms with E-state index in [4.69, 9.17) is 45.9 Å². The van der Waals surface area contributed by atoms with Crippen molar-refractivity contribution in [3.8, 4) is 0 Å². The highest BCUT2D eigenvalue weighted by Crippen LogP contribution is 2.13. The van der Waals surface area contributed by atoms with Crippen LogP contribution in [-0.4, -0.2) is 238 Å². The summed E-state index contributed by atoms with van der Waals surface area (Å²) in [6.45, 7) is 6.20. The van der Waals surface area contributed by atoms with Gasteiger partial charge in [0.25, 0.3) is 0 Å². The van der Waals surface area contributed by atoms with E-state index in [1.165, 1.54) is 24.3 Å². The number of rotatable bonds is 53. The van der Waals surface area contributed by atoms with Gasteiger partial charge in [-0.3, -0.25) is 67.5 Å². The first-order chi connectivity index (χ1) is 47.8. The Morgan fingerprint density at radius 2 is 0.881 bits per heavy atom. The third-order valence-electron chi connectivity index (χ3n) is 15.7. The zero-order valence-corrected chi connectivity index (χ0v) is 60.6. The molecule has 0 aliphatic carbocycles. The number of aromatic amines is 1. The van der Waals surface area contributed by atoms with Crippen molar-refractivity contribution in [3.63, 3.8) is 0 Å². The summed E-state index contributed by atoms with van der Waals surface area (Å²) in [4.78, 5) is 193. The van der Waals surface area contributed by atoms with E-state index in [2.05, 4.69) is 104 Å². The van der Waals surface area contributed by atoms with E-state index >= 15 is 0 Å². The lowest BCUT2D eigenvalue weighted by atomic mass is 9.99. The predicted octanol–water partition coefficient (Wildman–Crippen LogP) is -7.37. The van der Waals surface area contributed by atoms with Crippen LogP contribution in [0.2, 0.25) is 0 Å². The number of aliphatic imine (C=N–C) groups is 2. The van der Waals surface area contributed by atoms with Crippen molar-refractivity contribution >= 4 is 126 Å². The molecule has 30 N–H and O–H groups in total. The highest BCUT2D eigenvalue weighted by atomic mass is 32.2. The van der Waals surface area contributed by atoms with Crippen LogP contribution in [0.25, 0.3) is 0 Å². The number of carboxylic acids is 1. The number of nitrogens with zero attached hydrogens (tertiary/aromatic N) is 3. The van der Waals surface area contributed by atoms with E-state index in [1.54, 1.807) is 34.0 Å². The van der Waals surface area contributed by atoms with Crippen LogP contribution >= 0.6 is 37.0 Å². The normalized spacial score (nSPS) is 15.0. The molecule has 12 amide bonds. The number of unbranched alkanes of at least 4 members (excludes halogenated alkanes) is 2. The Hall–Kier alpha value is -8.25. The number of primary amides is 1. The SMILES string of the molecule is CC[C@H](C)[C@H](N)C(=O)N[C@@H](CO)C(=O)N[C@@H](CCCN=C(N)N)C(=O)N[C@@H](CS)C(=O)N[C@@H](CCC(N)=O)C(=O)N[C@H](C(=O)N[C@@H](CS)C(=O)N[C@@H](CCSC)C(=O)N[C@@H](CCCCN)C(=O)N[C@@H](CCCCN)C(=O)N[C@@H](CCCN=C(N)N)C(=O)N[C@@H](Cc1cnc[nH]1)C(=O)O)C(C)C. The van der Waals surface area contributed by atoms with Gasteiger partial charge in [-0.1, -0.05) is 34.1 Å². The van der Waals surface area contributed by atoms with Gasteiger partial charge in [0.1, 0.15) is 66.5 Å². The van der Waals surface area contributed by atoms with E-state index in [0.717, 1.165) is 0 Å². The van der Waals surface area contributed by atoms with Crippen molar-refractivity contribution in [1.82, 2.24) is 68.5 Å². The number of carboxylic acid groups (broad SMARTS) is 1. The first-order valence-corrected chi connectivity index (χ1v) is 35.9. The van der Waals surface area contributed by atoms with Crippen LogP contribution < -0.4 is 104 Å². The van der Waals surface area contributed by atoms with Gasteiger partial charge in [-0.2, -0.15) is 37.0 Å². The third kappa shape index (κ3) is 35.8. The van der Waals surface area contributed by atoms with Gasteiger partial charge in [-0.15, -0.1) is 0 Å². The van der Waals surface area contributed by atoms with Gasteiger partial charge in [0.2, 0.25) is 70.9 Å². The molecule has 0 aliphatic rings. The van der Waals surface area contributed by atoms with Crippen LogP contribution in [0.15, 0.2) is 22.5 Å². The molecule has 0 saturated heterocycles. The van der Waals surface area contributed by atoms with Crippen molar-refractivity contribution in [2.45, 2.75) is 197 Å². The lowest BCUT2D eigenvalue weighted by Gasteiger charge is -2.29. The van der Waals surface area contributed by atoms with Crippen molar-refractivity contribution in [2.24, 2.45) is 67.7 Å². The van der Waals surface area contributed by atoms with E-state index < -0.39 is 180 Å². The molecule has 101 heavy (non-hydrogen) atoms. The molecule has 1 aromatic heterocycles. The average Bonchev–Trinajstić information content (AvgIpc) is 1.05. The van der Waals surface area contributed by atoms with Gasteiger partial charge >= 0.3 is 5.97 Å². The smallest absolute Gasteiger partial charge is 0.326 e. The number of carbonyl (C=O) groups excluding carboxylic acids is 12. The average molecular weight is 1490 g/mol. The van der Waals surface area contributed by atoms with Crippen molar-refractivity contribution in [2.75, 3.05) is 56.3 Å². The Morgan fingerprint density at radius 3 is 1.24 bits per heavy atom. The number of aliphatic hydroxyl groups is 1. The second-order valence-electron chi connectivity index (χ2n) is 24.2. The van der Waals surface area contributed by atoms with Gasteiger partial charge in [0, 0.05) is 49.3 Å².